The first-order valence-electron chi connectivity index (χ1n) is 11.4. The monoisotopic (exact) mass is 488 g/mol. The van der Waals surface area contributed by atoms with Crippen molar-refractivity contribution in [2.45, 2.75) is 38.6 Å². The van der Waals surface area contributed by atoms with Crippen LogP contribution in [0.5, 0.6) is 0 Å². The molecule has 0 saturated heterocycles. The van der Waals surface area contributed by atoms with Crippen LogP contribution in [0.3, 0.4) is 0 Å². The predicted molar refractivity (Wildman–Crippen MR) is 138 cm³/mol. The molecule has 0 saturated carbocycles. The Kier molecular flexibility index (Phi) is 7.00. The van der Waals surface area contributed by atoms with Crippen LogP contribution < -0.4 is 5.56 Å². The van der Waals surface area contributed by atoms with Crippen LogP contribution in [-0.4, -0.2) is 30.0 Å². The van der Waals surface area contributed by atoms with E-state index in [9.17, 15) is 18.0 Å². The van der Waals surface area contributed by atoms with Crippen molar-refractivity contribution in [3.8, 4) is 0 Å². The molecular weight excluding hydrogens is 460 g/mol. The van der Waals surface area contributed by atoms with Crippen LogP contribution in [0.15, 0.2) is 82.5 Å². The molecular formula is C28H28N2O4S. The molecule has 180 valence electrons. The van der Waals surface area contributed by atoms with E-state index in [0.29, 0.717) is 23.1 Å². The number of hydrogen-bond acceptors (Lipinski definition) is 4. The standard InChI is InChI=1S/C28H28N2O4S/c1-19-8-9-24-17-25(28(32)29-27(24)16-19)18-30(15-14-22-7-5-4-6-20(22)2)35(33,34)26-12-10-23(11-13-26)21(3)31/h4-13,16-17H,14-15,18H2,1-3H3,(H,29,32). The van der Waals surface area contributed by atoms with E-state index >= 15 is 0 Å². The highest BCUT2D eigenvalue weighted by atomic mass is 32.2. The average molecular weight is 489 g/mol. The van der Waals surface area contributed by atoms with E-state index in [1.54, 1.807) is 6.07 Å². The molecule has 1 aromatic heterocycles. The molecule has 4 rings (SSSR count). The zero-order chi connectivity index (χ0) is 25.2. The van der Waals surface area contributed by atoms with Gasteiger partial charge in [0.2, 0.25) is 10.0 Å². The highest BCUT2D eigenvalue weighted by Gasteiger charge is 2.26. The number of sulfonamides is 1. The van der Waals surface area contributed by atoms with Crippen molar-refractivity contribution < 1.29 is 13.2 Å². The van der Waals surface area contributed by atoms with Gasteiger partial charge in [0.25, 0.3) is 5.56 Å². The van der Waals surface area contributed by atoms with E-state index in [1.807, 2.05) is 56.3 Å². The quantitative estimate of drug-likeness (QED) is 0.362. The van der Waals surface area contributed by atoms with Crippen LogP contribution in [0.25, 0.3) is 10.9 Å². The van der Waals surface area contributed by atoms with Crippen molar-refractivity contribution in [3.63, 3.8) is 0 Å². The Morgan fingerprint density at radius 2 is 1.63 bits per heavy atom. The van der Waals surface area contributed by atoms with Gasteiger partial charge < -0.3 is 4.98 Å². The Hall–Kier alpha value is -3.55. The van der Waals surface area contributed by atoms with Crippen molar-refractivity contribution in [3.05, 3.63) is 111 Å². The van der Waals surface area contributed by atoms with E-state index in [2.05, 4.69) is 4.98 Å². The highest BCUT2D eigenvalue weighted by Crippen LogP contribution is 2.21. The normalized spacial score (nSPS) is 11.8. The molecule has 0 radical (unpaired) electrons. The maximum atomic E-state index is 13.7. The van der Waals surface area contributed by atoms with Gasteiger partial charge >= 0.3 is 0 Å². The summed E-state index contributed by atoms with van der Waals surface area (Å²) in [6.07, 6.45) is 0.502. The lowest BCUT2D eigenvalue weighted by atomic mass is 10.1. The molecule has 0 unspecified atom stereocenters. The average Bonchev–Trinajstić information content (AvgIpc) is 2.83. The molecule has 0 atom stereocenters. The zero-order valence-corrected chi connectivity index (χ0v) is 20.9. The third kappa shape index (κ3) is 5.42. The van der Waals surface area contributed by atoms with Crippen LogP contribution in [0, 0.1) is 13.8 Å². The van der Waals surface area contributed by atoms with Crippen LogP contribution in [0.4, 0.5) is 0 Å². The first-order chi connectivity index (χ1) is 16.6. The second-order valence-electron chi connectivity index (χ2n) is 8.81. The van der Waals surface area contributed by atoms with Crippen molar-refractivity contribution in [2.24, 2.45) is 0 Å². The number of aromatic amines is 1. The first-order valence-corrected chi connectivity index (χ1v) is 12.9. The Morgan fingerprint density at radius 1 is 0.914 bits per heavy atom. The summed E-state index contributed by atoms with van der Waals surface area (Å²) in [5.41, 5.74) is 4.36. The molecule has 0 fully saturated rings. The number of nitrogens with one attached hydrogen (secondary N) is 1. The smallest absolute Gasteiger partial charge is 0.252 e. The molecule has 1 N–H and O–H groups in total. The Bertz CT molecular complexity index is 1550. The summed E-state index contributed by atoms with van der Waals surface area (Å²) in [4.78, 5) is 27.5. The number of aryl methyl sites for hydroxylation is 2. The Morgan fingerprint density at radius 3 is 2.31 bits per heavy atom. The van der Waals surface area contributed by atoms with Gasteiger partial charge in [0.15, 0.2) is 5.78 Å². The van der Waals surface area contributed by atoms with E-state index in [0.717, 1.165) is 22.1 Å². The van der Waals surface area contributed by atoms with Gasteiger partial charge in [-0.05, 0) is 73.5 Å². The number of pyridine rings is 1. The molecule has 0 aliphatic heterocycles. The molecule has 6 nitrogen and oxygen atoms in total. The Balaban J connectivity index is 1.72. The fourth-order valence-corrected chi connectivity index (χ4v) is 5.52. The number of aromatic nitrogens is 1. The summed E-state index contributed by atoms with van der Waals surface area (Å²) in [5.74, 6) is -0.136. The van der Waals surface area contributed by atoms with Crippen molar-refractivity contribution >= 4 is 26.7 Å². The van der Waals surface area contributed by atoms with Crippen LogP contribution >= 0.6 is 0 Å². The van der Waals surface area contributed by atoms with E-state index in [1.165, 1.54) is 35.5 Å². The summed E-state index contributed by atoms with van der Waals surface area (Å²) in [6, 6.07) is 21.3. The number of H-pyrrole nitrogens is 1. The molecule has 0 aliphatic rings. The molecule has 0 spiro atoms. The fraction of sp³-hybridized carbons (Fsp3) is 0.214. The second-order valence-corrected chi connectivity index (χ2v) is 10.7. The molecule has 7 heteroatoms. The predicted octanol–water partition coefficient (Wildman–Crippen LogP) is 4.78. The van der Waals surface area contributed by atoms with E-state index < -0.39 is 10.0 Å². The summed E-state index contributed by atoms with van der Waals surface area (Å²) >= 11 is 0. The second kappa shape index (κ2) is 9.98. The van der Waals surface area contributed by atoms with Gasteiger partial charge in [0, 0.05) is 29.7 Å². The minimum absolute atomic E-state index is 0.0676. The first kappa shape index (κ1) is 24.6. The fourth-order valence-electron chi connectivity index (χ4n) is 4.10. The molecule has 1 heterocycles. The molecule has 4 aromatic rings. The minimum Gasteiger partial charge on any atom is -0.322 e. The Labute approximate surface area is 205 Å². The number of hydrogen-bond donors (Lipinski definition) is 1. The zero-order valence-electron chi connectivity index (χ0n) is 20.0. The number of nitrogens with zero attached hydrogens (tertiary/aromatic N) is 1. The maximum Gasteiger partial charge on any atom is 0.252 e. The summed E-state index contributed by atoms with van der Waals surface area (Å²) in [7, 11) is -3.93. The van der Waals surface area contributed by atoms with Gasteiger partial charge in [-0.2, -0.15) is 4.31 Å². The summed E-state index contributed by atoms with van der Waals surface area (Å²) in [6.45, 7) is 5.51. The number of Topliss-reactive ketones (excluding diaryl/α,β-unsaturated/α-hetero) is 1. The number of carbonyl (C=O) groups is 1. The lowest BCUT2D eigenvalue weighted by Gasteiger charge is -2.23. The third-order valence-electron chi connectivity index (χ3n) is 6.22. The van der Waals surface area contributed by atoms with Crippen LogP contribution in [-0.2, 0) is 23.0 Å². The largest absolute Gasteiger partial charge is 0.322 e. The van der Waals surface area contributed by atoms with Gasteiger partial charge in [0.05, 0.1) is 4.90 Å². The lowest BCUT2D eigenvalue weighted by Crippen LogP contribution is -2.34. The molecule has 3 aromatic carbocycles. The van der Waals surface area contributed by atoms with E-state index in [4.69, 9.17) is 0 Å². The van der Waals surface area contributed by atoms with Crippen LogP contribution in [0.2, 0.25) is 0 Å². The highest BCUT2D eigenvalue weighted by molar-refractivity contribution is 7.89. The lowest BCUT2D eigenvalue weighted by molar-refractivity contribution is 0.101. The van der Waals surface area contributed by atoms with E-state index in [-0.39, 0.29) is 29.3 Å². The number of fused-ring (bicyclic) bond motifs is 1. The molecule has 0 amide bonds. The molecule has 35 heavy (non-hydrogen) atoms. The van der Waals surface area contributed by atoms with Gasteiger partial charge in [-0.25, -0.2) is 8.42 Å². The van der Waals surface area contributed by atoms with Gasteiger partial charge in [-0.3, -0.25) is 9.59 Å². The number of rotatable bonds is 8. The third-order valence-corrected chi connectivity index (χ3v) is 8.07. The maximum absolute atomic E-state index is 13.7. The van der Waals surface area contributed by atoms with Crippen molar-refractivity contribution in [1.29, 1.82) is 0 Å². The number of carbonyl (C=O) groups excluding carboxylic acids is 1. The van der Waals surface area contributed by atoms with Crippen molar-refractivity contribution in [1.82, 2.24) is 9.29 Å². The van der Waals surface area contributed by atoms with Crippen LogP contribution in [0.1, 0.15) is 39.5 Å². The number of ketones is 1. The topological polar surface area (TPSA) is 87.3 Å². The summed E-state index contributed by atoms with van der Waals surface area (Å²) in [5, 5.41) is 0.840. The number of benzene rings is 3. The summed E-state index contributed by atoms with van der Waals surface area (Å²) < 4.78 is 28.7. The van der Waals surface area contributed by atoms with Gasteiger partial charge in [-0.15, -0.1) is 0 Å². The van der Waals surface area contributed by atoms with Crippen molar-refractivity contribution in [2.75, 3.05) is 6.54 Å². The molecule has 0 aliphatic carbocycles. The minimum atomic E-state index is -3.93. The SMILES string of the molecule is CC(=O)c1ccc(S(=O)(=O)N(CCc2ccccc2C)Cc2cc3ccc(C)cc3[nH]c2=O)cc1. The van der Waals surface area contributed by atoms with Gasteiger partial charge in [-0.1, -0.05) is 48.5 Å². The molecule has 0 bridgehead atoms. The van der Waals surface area contributed by atoms with Gasteiger partial charge in [0.1, 0.15) is 0 Å².